The van der Waals surface area contributed by atoms with E-state index in [1.54, 1.807) is 30.5 Å². The molecule has 0 bridgehead atoms. The Bertz CT molecular complexity index is 539. The second-order valence-electron chi connectivity index (χ2n) is 4.62. The molecule has 0 amide bonds. The molecule has 0 aliphatic carbocycles. The van der Waals surface area contributed by atoms with Gasteiger partial charge >= 0.3 is 5.97 Å². The van der Waals surface area contributed by atoms with Crippen LogP contribution in [-0.4, -0.2) is 16.9 Å². The number of carboxylic acids is 1. The molecule has 0 fully saturated rings. The smallest absolute Gasteiger partial charge is 0.304 e. The normalized spacial score (nSPS) is 12.2. The van der Waals surface area contributed by atoms with E-state index in [4.69, 9.17) is 13.9 Å². The van der Waals surface area contributed by atoms with E-state index in [1.165, 1.54) is 6.26 Å². The largest absolute Gasteiger partial charge is 0.481 e. The van der Waals surface area contributed by atoms with E-state index < -0.39 is 11.9 Å². The standard InChI is InChI=1S/C15H16O5/c16-14(6-5-12-3-1-7-19-12)11(10-15(17)18)9-13-4-2-8-20-13/h1-4,7-8,11H,5-6,9-10H2,(H,17,18). The number of carboxylic acid groups (broad SMARTS) is 1. The molecule has 0 aliphatic rings. The molecule has 0 saturated carbocycles. The summed E-state index contributed by atoms with van der Waals surface area (Å²) in [4.78, 5) is 23.0. The summed E-state index contributed by atoms with van der Waals surface area (Å²) in [6.45, 7) is 0. The first-order valence-corrected chi connectivity index (χ1v) is 6.44. The minimum Gasteiger partial charge on any atom is -0.481 e. The minimum atomic E-state index is -0.979. The molecule has 1 atom stereocenters. The van der Waals surface area contributed by atoms with Crippen LogP contribution in [-0.2, 0) is 22.4 Å². The lowest BCUT2D eigenvalue weighted by molar-refractivity contribution is -0.140. The highest BCUT2D eigenvalue weighted by Gasteiger charge is 2.23. The number of Topliss-reactive ketones (excluding diaryl/α,β-unsaturated/α-hetero) is 1. The maximum Gasteiger partial charge on any atom is 0.304 e. The van der Waals surface area contributed by atoms with Gasteiger partial charge in [0.05, 0.1) is 18.9 Å². The summed E-state index contributed by atoms with van der Waals surface area (Å²) in [6.07, 6.45) is 3.96. The number of ketones is 1. The van der Waals surface area contributed by atoms with Gasteiger partial charge in [0.2, 0.25) is 0 Å². The fourth-order valence-electron chi connectivity index (χ4n) is 2.09. The molecule has 2 aromatic heterocycles. The van der Waals surface area contributed by atoms with E-state index in [0.29, 0.717) is 18.6 Å². The zero-order valence-corrected chi connectivity index (χ0v) is 11.0. The van der Waals surface area contributed by atoms with E-state index in [9.17, 15) is 9.59 Å². The Labute approximate surface area is 116 Å². The molecule has 2 rings (SSSR count). The van der Waals surface area contributed by atoms with Crippen LogP contribution in [0.3, 0.4) is 0 Å². The van der Waals surface area contributed by atoms with Crippen LogP contribution in [0.5, 0.6) is 0 Å². The van der Waals surface area contributed by atoms with E-state index in [-0.39, 0.29) is 18.6 Å². The molecule has 1 unspecified atom stereocenters. The second-order valence-corrected chi connectivity index (χ2v) is 4.62. The molecule has 0 aliphatic heterocycles. The monoisotopic (exact) mass is 276 g/mol. The first-order valence-electron chi connectivity index (χ1n) is 6.44. The summed E-state index contributed by atoms with van der Waals surface area (Å²) >= 11 is 0. The summed E-state index contributed by atoms with van der Waals surface area (Å²) in [6, 6.07) is 7.03. The van der Waals surface area contributed by atoms with Gasteiger partial charge < -0.3 is 13.9 Å². The molecule has 5 nitrogen and oxygen atoms in total. The topological polar surface area (TPSA) is 80.6 Å². The Morgan fingerprint density at radius 2 is 1.75 bits per heavy atom. The molecule has 0 spiro atoms. The molecule has 20 heavy (non-hydrogen) atoms. The van der Waals surface area contributed by atoms with Crippen LogP contribution < -0.4 is 0 Å². The first-order chi connectivity index (χ1) is 9.65. The highest BCUT2D eigenvalue weighted by molar-refractivity contribution is 5.85. The predicted molar refractivity (Wildman–Crippen MR) is 70.2 cm³/mol. The average molecular weight is 276 g/mol. The van der Waals surface area contributed by atoms with Gasteiger partial charge in [-0.3, -0.25) is 9.59 Å². The van der Waals surface area contributed by atoms with E-state index in [1.807, 2.05) is 0 Å². The van der Waals surface area contributed by atoms with Gasteiger partial charge in [-0.25, -0.2) is 0 Å². The van der Waals surface area contributed by atoms with Crippen molar-refractivity contribution in [1.82, 2.24) is 0 Å². The molecular formula is C15H16O5. The lowest BCUT2D eigenvalue weighted by atomic mass is 9.92. The van der Waals surface area contributed by atoms with Crippen molar-refractivity contribution in [3.05, 3.63) is 48.3 Å². The lowest BCUT2D eigenvalue weighted by Gasteiger charge is -2.11. The van der Waals surface area contributed by atoms with Gasteiger partial charge in [-0.05, 0) is 24.3 Å². The SMILES string of the molecule is O=C(O)CC(Cc1ccco1)C(=O)CCc1ccco1. The van der Waals surface area contributed by atoms with Crippen molar-refractivity contribution in [2.24, 2.45) is 5.92 Å². The number of aryl methyl sites for hydroxylation is 1. The van der Waals surface area contributed by atoms with Crippen molar-refractivity contribution >= 4 is 11.8 Å². The van der Waals surface area contributed by atoms with Gasteiger partial charge in [0.25, 0.3) is 0 Å². The minimum absolute atomic E-state index is 0.0831. The zero-order valence-electron chi connectivity index (χ0n) is 11.0. The predicted octanol–water partition coefficient (Wildman–Crippen LogP) is 2.71. The third kappa shape index (κ3) is 4.12. The highest BCUT2D eigenvalue weighted by atomic mass is 16.4. The number of rotatable bonds is 8. The van der Waals surface area contributed by atoms with E-state index in [0.717, 1.165) is 5.76 Å². The van der Waals surface area contributed by atoms with Crippen molar-refractivity contribution in [2.75, 3.05) is 0 Å². The molecule has 2 aromatic rings. The number of carbonyl (C=O) groups is 2. The first kappa shape index (κ1) is 14.1. The maximum absolute atomic E-state index is 12.2. The van der Waals surface area contributed by atoms with Gasteiger partial charge in [0.15, 0.2) is 0 Å². The van der Waals surface area contributed by atoms with Crippen molar-refractivity contribution in [3.8, 4) is 0 Å². The molecule has 106 valence electrons. The molecule has 2 heterocycles. The van der Waals surface area contributed by atoms with Gasteiger partial charge in [0.1, 0.15) is 17.3 Å². The number of hydrogen-bond acceptors (Lipinski definition) is 4. The summed E-state index contributed by atoms with van der Waals surface area (Å²) in [5.74, 6) is -0.269. The van der Waals surface area contributed by atoms with Crippen molar-refractivity contribution in [3.63, 3.8) is 0 Å². The van der Waals surface area contributed by atoms with Gasteiger partial charge in [-0.1, -0.05) is 0 Å². The van der Waals surface area contributed by atoms with Gasteiger partial charge in [-0.15, -0.1) is 0 Å². The fourth-order valence-corrected chi connectivity index (χ4v) is 2.09. The lowest BCUT2D eigenvalue weighted by Crippen LogP contribution is -2.21. The van der Waals surface area contributed by atoms with Crippen molar-refractivity contribution < 1.29 is 23.5 Å². The molecule has 1 N–H and O–H groups in total. The Kier molecular flexibility index (Phi) is 4.76. The third-order valence-corrected chi connectivity index (χ3v) is 3.10. The van der Waals surface area contributed by atoms with Crippen LogP contribution >= 0.6 is 0 Å². The Hall–Kier alpha value is -2.30. The molecule has 0 radical (unpaired) electrons. The quantitative estimate of drug-likeness (QED) is 0.801. The number of furan rings is 2. The maximum atomic E-state index is 12.2. The van der Waals surface area contributed by atoms with Crippen LogP contribution in [0.15, 0.2) is 45.6 Å². The summed E-state index contributed by atoms with van der Waals surface area (Å²) in [5.41, 5.74) is 0. The zero-order chi connectivity index (χ0) is 14.4. The van der Waals surface area contributed by atoms with Gasteiger partial charge in [-0.2, -0.15) is 0 Å². The van der Waals surface area contributed by atoms with Crippen LogP contribution in [0.1, 0.15) is 24.4 Å². The molecule has 5 heteroatoms. The van der Waals surface area contributed by atoms with Crippen LogP contribution in [0.2, 0.25) is 0 Å². The highest BCUT2D eigenvalue weighted by Crippen LogP contribution is 2.17. The van der Waals surface area contributed by atoms with Crippen molar-refractivity contribution in [1.29, 1.82) is 0 Å². The molecule has 0 aromatic carbocycles. The number of carbonyl (C=O) groups excluding carboxylic acids is 1. The van der Waals surface area contributed by atoms with Gasteiger partial charge in [0, 0.05) is 25.2 Å². The van der Waals surface area contributed by atoms with E-state index in [2.05, 4.69) is 0 Å². The molecular weight excluding hydrogens is 260 g/mol. The average Bonchev–Trinajstić information content (AvgIpc) is 3.07. The molecule has 0 saturated heterocycles. The fraction of sp³-hybridized carbons (Fsp3) is 0.333. The van der Waals surface area contributed by atoms with Crippen LogP contribution in [0.25, 0.3) is 0 Å². The summed E-state index contributed by atoms with van der Waals surface area (Å²) in [5, 5.41) is 8.91. The third-order valence-electron chi connectivity index (χ3n) is 3.10. The van der Waals surface area contributed by atoms with E-state index >= 15 is 0 Å². The van der Waals surface area contributed by atoms with Crippen molar-refractivity contribution in [2.45, 2.75) is 25.7 Å². The number of hydrogen-bond donors (Lipinski definition) is 1. The summed E-state index contributed by atoms with van der Waals surface area (Å²) < 4.78 is 10.3. The number of aliphatic carboxylic acids is 1. The summed E-state index contributed by atoms with van der Waals surface area (Å²) in [7, 11) is 0. The second kappa shape index (κ2) is 6.75. The Morgan fingerprint density at radius 3 is 2.30 bits per heavy atom. The Balaban J connectivity index is 1.94. The van der Waals surface area contributed by atoms with Crippen LogP contribution in [0.4, 0.5) is 0 Å². The Morgan fingerprint density at radius 1 is 1.10 bits per heavy atom. The van der Waals surface area contributed by atoms with Crippen LogP contribution in [0, 0.1) is 5.92 Å².